The summed E-state index contributed by atoms with van der Waals surface area (Å²) in [6.45, 7) is 3.14. The van der Waals surface area contributed by atoms with Gasteiger partial charge in [0, 0.05) is 24.8 Å². The number of nitrogens with one attached hydrogen (secondary N) is 2. The quantitative estimate of drug-likeness (QED) is 0.183. The summed E-state index contributed by atoms with van der Waals surface area (Å²) in [5.74, 6) is 0.415. The van der Waals surface area contributed by atoms with E-state index in [9.17, 15) is 9.90 Å². The van der Waals surface area contributed by atoms with E-state index in [0.717, 1.165) is 18.9 Å². The van der Waals surface area contributed by atoms with Crippen LogP contribution in [-0.2, 0) is 0 Å². The predicted molar refractivity (Wildman–Crippen MR) is 163 cm³/mol. The van der Waals surface area contributed by atoms with Gasteiger partial charge in [0.05, 0.1) is 44.4 Å². The van der Waals surface area contributed by atoms with E-state index in [1.807, 2.05) is 26.2 Å². The first-order valence-corrected chi connectivity index (χ1v) is 11.6. The Hall–Kier alpha value is -2.59. The third kappa shape index (κ3) is 7.72. The number of likely N-dealkylation sites (N-methyl/N-ethyl adjacent to an activating group) is 1. The van der Waals surface area contributed by atoms with Gasteiger partial charge in [-0.2, -0.15) is 0 Å². The number of nitrogens with zero attached hydrogens (tertiary/aromatic N) is 4. The number of phenolic OH excluding ortho intramolecular Hbond substituents is 1. The normalized spacial score (nSPS) is 10.3. The summed E-state index contributed by atoms with van der Waals surface area (Å²) in [6, 6.07) is 10.5. The van der Waals surface area contributed by atoms with Crippen LogP contribution in [0.15, 0.2) is 48.8 Å². The number of phenols is 1. The van der Waals surface area contributed by atoms with Gasteiger partial charge in [-0.25, -0.2) is 9.97 Å². The number of carbonyl (C=O) groups excluding carboxylic acids is 1. The van der Waals surface area contributed by atoms with Crippen molar-refractivity contribution >= 4 is 94.4 Å². The van der Waals surface area contributed by atoms with Gasteiger partial charge in [-0.05, 0) is 57.4 Å². The number of hydrogen-bond acceptors (Lipinski definition) is 8. The third-order valence-corrected chi connectivity index (χ3v) is 5.88. The van der Waals surface area contributed by atoms with Gasteiger partial charge < -0.3 is 20.6 Å². The molecule has 204 valence electrons. The summed E-state index contributed by atoms with van der Waals surface area (Å²) < 4.78 is 0. The number of fused-ring (bicyclic) bond motifs is 1. The van der Waals surface area contributed by atoms with Crippen molar-refractivity contribution in [1.29, 1.82) is 0 Å². The van der Waals surface area contributed by atoms with Crippen molar-refractivity contribution in [3.05, 3.63) is 64.4 Å². The molecule has 0 saturated heterocycles. The number of hydrogen-bond donors (Lipinski definition) is 3. The Balaban J connectivity index is 0.00000241. The molecule has 13 heteroatoms. The van der Waals surface area contributed by atoms with Crippen molar-refractivity contribution in [2.45, 2.75) is 6.92 Å². The van der Waals surface area contributed by atoms with E-state index in [0.29, 0.717) is 39.2 Å². The van der Waals surface area contributed by atoms with E-state index in [4.69, 9.17) is 28.2 Å². The molecule has 3 heterocycles. The van der Waals surface area contributed by atoms with E-state index in [2.05, 4.69) is 25.5 Å². The second kappa shape index (κ2) is 14.5. The summed E-state index contributed by atoms with van der Waals surface area (Å²) >= 11 is 12.2. The molecular weight excluding hydrogens is 594 g/mol. The number of aromatic nitrogens is 3. The van der Waals surface area contributed by atoms with Crippen LogP contribution in [0.25, 0.3) is 22.3 Å². The number of Topliss-reactive ketones (excluding diaryl/α,β-unsaturated/α-hetero) is 1. The van der Waals surface area contributed by atoms with Crippen molar-refractivity contribution in [2.24, 2.45) is 0 Å². The summed E-state index contributed by atoms with van der Waals surface area (Å²) in [7, 11) is 4.02. The number of benzene rings is 1. The van der Waals surface area contributed by atoms with E-state index in [-0.39, 0.29) is 58.8 Å². The number of carbonyl (C=O) groups is 1. The van der Waals surface area contributed by atoms with Gasteiger partial charge in [0.25, 0.3) is 0 Å². The molecule has 3 aromatic heterocycles. The number of aromatic hydroxyl groups is 1. The molecule has 1 aromatic carbocycles. The van der Waals surface area contributed by atoms with Gasteiger partial charge in [0.2, 0.25) is 0 Å². The van der Waals surface area contributed by atoms with Crippen molar-refractivity contribution in [1.82, 2.24) is 19.9 Å². The second-order valence-electron chi connectivity index (χ2n) is 8.24. The lowest BCUT2D eigenvalue weighted by molar-refractivity contribution is 0.101. The zero-order chi connectivity index (χ0) is 25.1. The fraction of sp³-hybridized carbons (Fsp3) is 0.200. The molecule has 0 aliphatic carbocycles. The number of anilines is 3. The zero-order valence-electron chi connectivity index (χ0n) is 20.7. The van der Waals surface area contributed by atoms with Crippen LogP contribution in [0.4, 0.5) is 17.2 Å². The highest BCUT2D eigenvalue weighted by Crippen LogP contribution is 2.37. The van der Waals surface area contributed by atoms with Crippen molar-refractivity contribution in [3.63, 3.8) is 0 Å². The lowest BCUT2D eigenvalue weighted by atomic mass is 10.1. The van der Waals surface area contributed by atoms with Crippen LogP contribution in [0.2, 0.25) is 10.0 Å². The summed E-state index contributed by atoms with van der Waals surface area (Å²) in [5.41, 5.74) is 3.91. The minimum atomic E-state index is -0.187. The molecule has 0 saturated carbocycles. The average Bonchev–Trinajstić information content (AvgIpc) is 2.82. The fourth-order valence-electron chi connectivity index (χ4n) is 3.46. The molecule has 0 fully saturated rings. The van der Waals surface area contributed by atoms with Gasteiger partial charge in [-0.1, -0.05) is 23.2 Å². The molecule has 0 atom stereocenters. The Morgan fingerprint density at radius 2 is 1.68 bits per heavy atom. The van der Waals surface area contributed by atoms with Crippen LogP contribution in [0.3, 0.4) is 0 Å². The molecule has 8 nitrogen and oxygen atoms in total. The first-order valence-electron chi connectivity index (χ1n) is 10.8. The van der Waals surface area contributed by atoms with E-state index >= 15 is 0 Å². The van der Waals surface area contributed by atoms with Crippen molar-refractivity contribution in [2.75, 3.05) is 37.8 Å². The molecule has 0 spiro atoms. The monoisotopic (exact) mass is 618 g/mol. The molecule has 0 bridgehead atoms. The van der Waals surface area contributed by atoms with Crippen LogP contribution >= 0.6 is 60.4 Å². The van der Waals surface area contributed by atoms with Gasteiger partial charge >= 0.3 is 0 Å². The van der Waals surface area contributed by atoms with Crippen molar-refractivity contribution < 1.29 is 9.90 Å². The standard InChI is InChI=1S/C25H24Cl2N6O2.3ClH/c1-14(34)17-13-29-21-6-5-20(15-10-18(26)25(35)19(27)11-15)32-24(21)23(17)31-16-4-7-22(30-12-16)28-8-9-33(2)3;;;/h4-7,10-13,35H,8-9H2,1-3H3,(H,28,30)(H,29,31);3*1H. The largest absolute Gasteiger partial charge is 0.505 e. The lowest BCUT2D eigenvalue weighted by Gasteiger charge is -2.14. The summed E-state index contributed by atoms with van der Waals surface area (Å²) in [4.78, 5) is 28.1. The smallest absolute Gasteiger partial charge is 0.163 e. The number of pyridine rings is 3. The molecule has 4 aromatic rings. The third-order valence-electron chi connectivity index (χ3n) is 5.30. The fourth-order valence-corrected chi connectivity index (χ4v) is 3.95. The second-order valence-corrected chi connectivity index (χ2v) is 9.06. The Bertz CT molecular complexity index is 1380. The van der Waals surface area contributed by atoms with Crippen LogP contribution in [0.5, 0.6) is 5.75 Å². The van der Waals surface area contributed by atoms with E-state index in [1.54, 1.807) is 30.5 Å². The Labute approximate surface area is 249 Å². The maximum absolute atomic E-state index is 12.4. The molecule has 0 unspecified atom stereocenters. The Morgan fingerprint density at radius 3 is 2.26 bits per heavy atom. The van der Waals surface area contributed by atoms with E-state index in [1.165, 1.54) is 13.1 Å². The van der Waals surface area contributed by atoms with Crippen LogP contribution in [0, 0.1) is 0 Å². The van der Waals surface area contributed by atoms with Gasteiger partial charge in [-0.3, -0.25) is 9.78 Å². The highest BCUT2D eigenvalue weighted by molar-refractivity contribution is 6.37. The molecule has 0 radical (unpaired) electrons. The summed E-state index contributed by atoms with van der Waals surface area (Å²) in [6.07, 6.45) is 3.23. The Morgan fingerprint density at radius 1 is 1.00 bits per heavy atom. The topological polar surface area (TPSA) is 103 Å². The van der Waals surface area contributed by atoms with Gasteiger partial charge in [0.15, 0.2) is 11.5 Å². The Kier molecular flexibility index (Phi) is 12.8. The van der Waals surface area contributed by atoms with Crippen LogP contribution in [-0.4, -0.2) is 57.9 Å². The predicted octanol–water partition coefficient (Wildman–Crippen LogP) is 6.89. The number of ketones is 1. The molecule has 3 N–H and O–H groups in total. The van der Waals surface area contributed by atoms with Crippen LogP contribution in [0.1, 0.15) is 17.3 Å². The highest BCUT2D eigenvalue weighted by Gasteiger charge is 2.16. The average molecular weight is 621 g/mol. The first-order chi connectivity index (χ1) is 16.7. The summed E-state index contributed by atoms with van der Waals surface area (Å²) in [5, 5.41) is 16.7. The SMILES string of the molecule is CC(=O)c1cnc2ccc(-c3cc(Cl)c(O)c(Cl)c3)nc2c1Nc1ccc(NCCN(C)C)nc1.Cl.Cl.Cl. The minimum absolute atomic E-state index is 0. The molecule has 0 aliphatic heterocycles. The lowest BCUT2D eigenvalue weighted by Crippen LogP contribution is -2.21. The first kappa shape index (κ1) is 33.4. The zero-order valence-corrected chi connectivity index (χ0v) is 24.6. The minimum Gasteiger partial charge on any atom is -0.505 e. The van der Waals surface area contributed by atoms with Crippen LogP contribution < -0.4 is 10.6 Å². The molecule has 4 rings (SSSR count). The number of rotatable bonds is 8. The maximum atomic E-state index is 12.4. The van der Waals surface area contributed by atoms with Crippen molar-refractivity contribution in [3.8, 4) is 17.0 Å². The molecular formula is C25H27Cl5N6O2. The van der Waals surface area contributed by atoms with Gasteiger partial charge in [-0.15, -0.1) is 37.2 Å². The maximum Gasteiger partial charge on any atom is 0.163 e. The highest BCUT2D eigenvalue weighted by atomic mass is 35.5. The number of halogens is 5. The molecule has 0 amide bonds. The molecule has 0 aliphatic rings. The molecule has 38 heavy (non-hydrogen) atoms. The van der Waals surface area contributed by atoms with E-state index < -0.39 is 0 Å². The van der Waals surface area contributed by atoms with Gasteiger partial charge in [0.1, 0.15) is 11.3 Å².